The van der Waals surface area contributed by atoms with E-state index >= 15 is 0 Å². The molecule has 1 fully saturated rings. The Morgan fingerprint density at radius 1 is 1.30 bits per heavy atom. The first-order valence-electron chi connectivity index (χ1n) is 7.16. The Bertz CT molecular complexity index is 498. The van der Waals surface area contributed by atoms with Crippen LogP contribution in [0.5, 0.6) is 0 Å². The van der Waals surface area contributed by atoms with Gasteiger partial charge in [-0.25, -0.2) is 9.79 Å². The summed E-state index contributed by atoms with van der Waals surface area (Å²) in [5, 5.41) is 5.47. The molecule has 20 heavy (non-hydrogen) atoms. The van der Waals surface area contributed by atoms with Gasteiger partial charge in [0, 0.05) is 5.69 Å². The number of aryl methyl sites for hydroxylation is 2. The van der Waals surface area contributed by atoms with Crippen LogP contribution < -0.4 is 16.4 Å². The first-order chi connectivity index (χ1) is 9.63. The number of benzene rings is 1. The Morgan fingerprint density at radius 3 is 2.40 bits per heavy atom. The zero-order valence-corrected chi connectivity index (χ0v) is 12.1. The largest absolute Gasteiger partial charge is 0.370 e. The molecule has 2 amide bonds. The summed E-state index contributed by atoms with van der Waals surface area (Å²) in [5.74, 6) is 0.192. The zero-order chi connectivity index (χ0) is 14.5. The molecule has 0 saturated heterocycles. The van der Waals surface area contributed by atoms with Crippen molar-refractivity contribution in [3.63, 3.8) is 0 Å². The van der Waals surface area contributed by atoms with Gasteiger partial charge >= 0.3 is 6.03 Å². The quantitative estimate of drug-likeness (QED) is 0.582. The maximum atomic E-state index is 12.0. The number of urea groups is 1. The summed E-state index contributed by atoms with van der Waals surface area (Å²) in [4.78, 5) is 16.2. The number of carbonyl (C=O) groups is 1. The third kappa shape index (κ3) is 3.73. The molecular weight excluding hydrogens is 252 g/mol. The van der Waals surface area contributed by atoms with Gasteiger partial charge < -0.3 is 11.1 Å². The molecule has 0 aromatic heterocycles. The van der Waals surface area contributed by atoms with E-state index < -0.39 is 0 Å². The lowest BCUT2D eigenvalue weighted by Crippen LogP contribution is -2.40. The predicted molar refractivity (Wildman–Crippen MR) is 82.0 cm³/mol. The molecule has 108 valence electrons. The molecule has 5 nitrogen and oxygen atoms in total. The Morgan fingerprint density at radius 2 is 1.90 bits per heavy atom. The molecule has 1 aliphatic rings. The fourth-order valence-electron chi connectivity index (χ4n) is 2.10. The fraction of sp³-hybridized carbons (Fsp3) is 0.467. The number of rotatable bonds is 4. The molecule has 5 heteroatoms. The molecule has 0 unspecified atom stereocenters. The number of aliphatic imine (C=N–C) groups is 1. The maximum Gasteiger partial charge on any atom is 0.326 e. The average molecular weight is 274 g/mol. The van der Waals surface area contributed by atoms with Gasteiger partial charge in [-0.1, -0.05) is 32.0 Å². The van der Waals surface area contributed by atoms with Gasteiger partial charge in [0.2, 0.25) is 0 Å². The van der Waals surface area contributed by atoms with E-state index in [1.165, 1.54) is 0 Å². The number of hydrogen-bond acceptors (Lipinski definition) is 2. The van der Waals surface area contributed by atoms with Crippen molar-refractivity contribution < 1.29 is 4.79 Å². The van der Waals surface area contributed by atoms with Gasteiger partial charge in [0.15, 0.2) is 5.96 Å². The zero-order valence-electron chi connectivity index (χ0n) is 12.1. The number of para-hydroxylation sites is 1. The molecule has 4 N–H and O–H groups in total. The lowest BCUT2D eigenvalue weighted by atomic mass is 10.0. The number of nitrogens with two attached hydrogens (primary N) is 1. The highest BCUT2D eigenvalue weighted by atomic mass is 16.2. The van der Waals surface area contributed by atoms with Gasteiger partial charge in [0.05, 0.1) is 6.04 Å². The van der Waals surface area contributed by atoms with Gasteiger partial charge in [0.25, 0.3) is 0 Å². The smallest absolute Gasteiger partial charge is 0.326 e. The van der Waals surface area contributed by atoms with E-state index in [-0.39, 0.29) is 12.0 Å². The van der Waals surface area contributed by atoms with E-state index in [1.807, 2.05) is 18.2 Å². The highest BCUT2D eigenvalue weighted by Gasteiger charge is 2.21. The summed E-state index contributed by atoms with van der Waals surface area (Å²) < 4.78 is 0. The maximum absolute atomic E-state index is 12.0. The Balaban J connectivity index is 2.06. The standard InChI is InChI=1S/C15H22N4O/c1-3-10-6-5-7-11(4-2)13(10)18-15(20)19-14(16)17-12-8-9-12/h5-7,12H,3-4,8-9H2,1-2H3,(H4,16,17,18,19,20). The molecule has 0 bridgehead atoms. The molecule has 0 spiro atoms. The second kappa shape index (κ2) is 6.41. The minimum atomic E-state index is -0.331. The van der Waals surface area contributed by atoms with Crippen LogP contribution >= 0.6 is 0 Å². The number of carbonyl (C=O) groups excluding carboxylic acids is 1. The lowest BCUT2D eigenvalue weighted by Gasteiger charge is -2.14. The molecule has 1 aromatic carbocycles. The molecule has 0 heterocycles. The van der Waals surface area contributed by atoms with Crippen LogP contribution in [0, 0.1) is 0 Å². The summed E-state index contributed by atoms with van der Waals surface area (Å²) in [5.41, 5.74) is 8.82. The summed E-state index contributed by atoms with van der Waals surface area (Å²) in [7, 11) is 0. The lowest BCUT2D eigenvalue weighted by molar-refractivity contribution is 0.256. The van der Waals surface area contributed by atoms with Crippen LogP contribution in [0.25, 0.3) is 0 Å². The number of nitrogens with zero attached hydrogens (tertiary/aromatic N) is 1. The number of guanidine groups is 1. The van der Waals surface area contributed by atoms with E-state index in [1.54, 1.807) is 0 Å². The second-order valence-corrected chi connectivity index (χ2v) is 4.98. The third-order valence-corrected chi connectivity index (χ3v) is 3.35. The highest BCUT2D eigenvalue weighted by molar-refractivity contribution is 6.02. The minimum absolute atomic E-state index is 0.192. The number of nitrogens with one attached hydrogen (secondary N) is 2. The minimum Gasteiger partial charge on any atom is -0.370 e. The van der Waals surface area contributed by atoms with Crippen molar-refractivity contribution in [1.29, 1.82) is 0 Å². The Kier molecular flexibility index (Phi) is 4.61. The normalized spacial score (nSPS) is 15.0. The molecule has 1 saturated carbocycles. The molecule has 2 rings (SSSR count). The van der Waals surface area contributed by atoms with Crippen molar-refractivity contribution in [2.45, 2.75) is 45.6 Å². The van der Waals surface area contributed by atoms with Crippen LogP contribution in [-0.4, -0.2) is 18.0 Å². The number of amides is 2. The van der Waals surface area contributed by atoms with Crippen molar-refractivity contribution in [3.8, 4) is 0 Å². The average Bonchev–Trinajstić information content (AvgIpc) is 3.22. The molecule has 1 aliphatic carbocycles. The van der Waals surface area contributed by atoms with Crippen molar-refractivity contribution in [1.82, 2.24) is 5.32 Å². The molecule has 0 radical (unpaired) electrons. The van der Waals surface area contributed by atoms with E-state index in [4.69, 9.17) is 5.73 Å². The Labute approximate surface area is 119 Å². The Hall–Kier alpha value is -2.04. The van der Waals surface area contributed by atoms with Gasteiger partial charge in [-0.15, -0.1) is 0 Å². The summed E-state index contributed by atoms with van der Waals surface area (Å²) >= 11 is 0. The summed E-state index contributed by atoms with van der Waals surface area (Å²) in [6, 6.07) is 6.03. The molecule has 0 atom stereocenters. The van der Waals surface area contributed by atoms with Crippen LogP contribution in [-0.2, 0) is 12.8 Å². The van der Waals surface area contributed by atoms with Crippen LogP contribution in [0.1, 0.15) is 37.8 Å². The van der Waals surface area contributed by atoms with Crippen LogP contribution in [0.2, 0.25) is 0 Å². The van der Waals surface area contributed by atoms with Crippen LogP contribution in [0.4, 0.5) is 10.5 Å². The van der Waals surface area contributed by atoms with Crippen molar-refractivity contribution in [2.75, 3.05) is 5.32 Å². The van der Waals surface area contributed by atoms with Crippen molar-refractivity contribution in [3.05, 3.63) is 29.3 Å². The molecular formula is C15H22N4O. The first kappa shape index (κ1) is 14.4. The SMILES string of the molecule is CCc1cccc(CC)c1NC(=O)NC(N)=NC1CC1. The van der Waals surface area contributed by atoms with Gasteiger partial charge in [0.1, 0.15) is 0 Å². The third-order valence-electron chi connectivity index (χ3n) is 3.35. The number of hydrogen-bond donors (Lipinski definition) is 3. The summed E-state index contributed by atoms with van der Waals surface area (Å²) in [6.07, 6.45) is 3.86. The van der Waals surface area contributed by atoms with Crippen LogP contribution in [0.3, 0.4) is 0 Å². The van der Waals surface area contributed by atoms with Gasteiger partial charge in [-0.3, -0.25) is 5.32 Å². The summed E-state index contributed by atoms with van der Waals surface area (Å²) in [6.45, 7) is 4.14. The number of anilines is 1. The van der Waals surface area contributed by atoms with Gasteiger partial charge in [-0.05, 0) is 36.8 Å². The van der Waals surface area contributed by atoms with E-state index in [0.717, 1.165) is 42.5 Å². The highest BCUT2D eigenvalue weighted by Crippen LogP contribution is 2.23. The fourth-order valence-corrected chi connectivity index (χ4v) is 2.10. The van der Waals surface area contributed by atoms with Gasteiger partial charge in [-0.2, -0.15) is 0 Å². The van der Waals surface area contributed by atoms with Crippen LogP contribution in [0.15, 0.2) is 23.2 Å². The first-order valence-corrected chi connectivity index (χ1v) is 7.16. The van der Waals surface area contributed by atoms with E-state index in [0.29, 0.717) is 6.04 Å². The van der Waals surface area contributed by atoms with E-state index in [9.17, 15) is 4.79 Å². The van der Waals surface area contributed by atoms with Crippen molar-refractivity contribution >= 4 is 17.7 Å². The van der Waals surface area contributed by atoms with E-state index in [2.05, 4.69) is 29.5 Å². The predicted octanol–water partition coefficient (Wildman–Crippen LogP) is 2.41. The molecule has 1 aromatic rings. The molecule has 0 aliphatic heterocycles. The monoisotopic (exact) mass is 274 g/mol. The second-order valence-electron chi connectivity index (χ2n) is 4.98. The van der Waals surface area contributed by atoms with Crippen molar-refractivity contribution in [2.24, 2.45) is 10.7 Å². The topological polar surface area (TPSA) is 79.5 Å².